The second-order valence-corrected chi connectivity index (χ2v) is 9.80. The Balaban J connectivity index is 0.000000327. The molecule has 0 bridgehead atoms. The van der Waals surface area contributed by atoms with E-state index in [2.05, 4.69) is 5.32 Å². The lowest BCUT2D eigenvalue weighted by Gasteiger charge is -2.15. The minimum atomic E-state index is -3.14. The van der Waals surface area contributed by atoms with Crippen LogP contribution in [0.3, 0.4) is 0 Å². The van der Waals surface area contributed by atoms with E-state index in [9.17, 15) is 18.0 Å². The molecule has 2 aromatic rings. The first-order valence-corrected chi connectivity index (χ1v) is 11.7. The third-order valence-electron chi connectivity index (χ3n) is 4.45. The van der Waals surface area contributed by atoms with Gasteiger partial charge in [0.25, 0.3) is 0 Å². The number of aliphatic hydroxyl groups excluding tert-OH is 1. The number of benzene rings is 2. The zero-order chi connectivity index (χ0) is 23.6. The van der Waals surface area contributed by atoms with Crippen molar-refractivity contribution >= 4 is 21.7 Å². The normalized spacial score (nSPS) is 11.9. The predicted octanol–water partition coefficient (Wildman–Crippen LogP) is 3.58. The van der Waals surface area contributed by atoms with Gasteiger partial charge < -0.3 is 15.5 Å². The topological polar surface area (TPSA) is 121 Å². The van der Waals surface area contributed by atoms with Crippen LogP contribution in [0, 0.1) is 5.92 Å². The van der Waals surface area contributed by atoms with Gasteiger partial charge in [0.2, 0.25) is 5.91 Å². The largest absolute Gasteiger partial charge is 0.478 e. The van der Waals surface area contributed by atoms with Crippen LogP contribution in [0.25, 0.3) is 0 Å². The minimum absolute atomic E-state index is 0.0137. The molecule has 0 aliphatic rings. The van der Waals surface area contributed by atoms with Crippen molar-refractivity contribution in [1.29, 1.82) is 0 Å². The molecule has 7 nitrogen and oxygen atoms in total. The van der Waals surface area contributed by atoms with Crippen molar-refractivity contribution in [3.05, 3.63) is 65.2 Å². The molecule has 31 heavy (non-hydrogen) atoms. The van der Waals surface area contributed by atoms with E-state index in [0.29, 0.717) is 17.9 Å². The number of amides is 1. The first-order chi connectivity index (χ1) is 14.5. The maximum Gasteiger partial charge on any atom is 0.335 e. The van der Waals surface area contributed by atoms with E-state index in [4.69, 9.17) is 10.2 Å². The summed E-state index contributed by atoms with van der Waals surface area (Å²) in [5.41, 5.74) is 1.77. The van der Waals surface area contributed by atoms with E-state index in [1.165, 1.54) is 12.1 Å². The number of hydrogen-bond donors (Lipinski definition) is 3. The fraction of sp³-hybridized carbons (Fsp3) is 0.391. The van der Waals surface area contributed by atoms with Crippen LogP contribution in [0.5, 0.6) is 0 Å². The third kappa shape index (κ3) is 8.90. The van der Waals surface area contributed by atoms with Crippen molar-refractivity contribution in [1.82, 2.24) is 5.32 Å². The van der Waals surface area contributed by atoms with Crippen LogP contribution in [0.2, 0.25) is 0 Å². The Morgan fingerprint density at radius 3 is 2.13 bits per heavy atom. The van der Waals surface area contributed by atoms with Gasteiger partial charge in [-0.2, -0.15) is 0 Å². The quantitative estimate of drug-likeness (QED) is 0.566. The SMILES string of the molecule is CC(C)CC(=O)NC(C)c1ccc(C(=O)O)cc1.CCS(=O)(=O)c1cccc(CO)c1. The van der Waals surface area contributed by atoms with Crippen molar-refractivity contribution in [2.75, 3.05) is 5.75 Å². The highest BCUT2D eigenvalue weighted by Gasteiger charge is 2.12. The summed E-state index contributed by atoms with van der Waals surface area (Å²) in [7, 11) is -3.14. The number of nitrogens with one attached hydrogen (secondary N) is 1. The lowest BCUT2D eigenvalue weighted by Crippen LogP contribution is -2.27. The van der Waals surface area contributed by atoms with E-state index >= 15 is 0 Å². The van der Waals surface area contributed by atoms with Gasteiger partial charge in [-0.1, -0.05) is 45.0 Å². The van der Waals surface area contributed by atoms with Gasteiger partial charge in [0.15, 0.2) is 9.84 Å². The van der Waals surface area contributed by atoms with E-state index in [-0.39, 0.29) is 34.8 Å². The summed E-state index contributed by atoms with van der Waals surface area (Å²) in [6, 6.07) is 12.8. The molecule has 1 amide bonds. The van der Waals surface area contributed by atoms with E-state index in [0.717, 1.165) is 5.56 Å². The molecule has 0 aliphatic carbocycles. The average Bonchev–Trinajstić information content (AvgIpc) is 2.73. The molecule has 0 radical (unpaired) electrons. The monoisotopic (exact) mass is 449 g/mol. The molecule has 0 aromatic heterocycles. The van der Waals surface area contributed by atoms with Crippen molar-refractivity contribution in [3.8, 4) is 0 Å². The fourth-order valence-electron chi connectivity index (χ4n) is 2.67. The number of aliphatic hydroxyl groups is 1. The van der Waals surface area contributed by atoms with Gasteiger partial charge in [-0.05, 0) is 48.2 Å². The molecule has 0 heterocycles. The lowest BCUT2D eigenvalue weighted by atomic mass is 10.1. The molecular weight excluding hydrogens is 418 g/mol. The first-order valence-electron chi connectivity index (χ1n) is 10.0. The van der Waals surface area contributed by atoms with Gasteiger partial charge in [-0.15, -0.1) is 0 Å². The van der Waals surface area contributed by atoms with Gasteiger partial charge in [0.1, 0.15) is 0 Å². The van der Waals surface area contributed by atoms with Gasteiger partial charge in [0, 0.05) is 6.42 Å². The Labute approximate surface area is 184 Å². The third-order valence-corrected chi connectivity index (χ3v) is 6.18. The molecular formula is C23H31NO6S. The zero-order valence-corrected chi connectivity index (χ0v) is 19.1. The Morgan fingerprint density at radius 1 is 1.03 bits per heavy atom. The molecule has 2 rings (SSSR count). The van der Waals surface area contributed by atoms with Crippen molar-refractivity contribution < 1.29 is 28.2 Å². The number of aromatic carboxylic acids is 1. The molecule has 0 aliphatic heterocycles. The molecule has 0 saturated carbocycles. The number of carboxylic acids is 1. The first kappa shape index (κ1) is 26.3. The van der Waals surface area contributed by atoms with Gasteiger partial charge in [-0.25, -0.2) is 13.2 Å². The standard InChI is InChI=1S/C14H19NO3.C9H12O3S/c1-9(2)8-13(16)15-10(3)11-4-6-12(7-5-11)14(17)18;1-2-13(11,12)9-5-3-4-8(6-9)7-10/h4-7,9-10H,8H2,1-3H3,(H,15,16)(H,17,18);3-6,10H,2,7H2,1H3. The second kappa shape index (κ2) is 12.2. The molecule has 3 N–H and O–H groups in total. The number of sulfone groups is 1. The van der Waals surface area contributed by atoms with E-state index in [1.54, 1.807) is 43.3 Å². The van der Waals surface area contributed by atoms with E-state index in [1.807, 2.05) is 20.8 Å². The number of carbonyl (C=O) groups is 2. The summed E-state index contributed by atoms with van der Waals surface area (Å²) in [5.74, 6) is -0.522. The van der Waals surface area contributed by atoms with Crippen LogP contribution in [-0.2, 0) is 21.2 Å². The summed E-state index contributed by atoms with van der Waals surface area (Å²) in [4.78, 5) is 22.6. The van der Waals surface area contributed by atoms with Crippen LogP contribution in [0.4, 0.5) is 0 Å². The summed E-state index contributed by atoms with van der Waals surface area (Å²) in [6.45, 7) is 7.33. The Morgan fingerprint density at radius 2 is 1.65 bits per heavy atom. The molecule has 0 spiro atoms. The molecule has 2 aromatic carbocycles. The number of carbonyl (C=O) groups excluding carboxylic acids is 1. The maximum atomic E-state index is 11.6. The van der Waals surface area contributed by atoms with Crippen molar-refractivity contribution in [2.45, 2.75) is 51.7 Å². The maximum absolute atomic E-state index is 11.6. The Kier molecular flexibility index (Phi) is 10.4. The molecule has 170 valence electrons. The summed E-state index contributed by atoms with van der Waals surface area (Å²) >= 11 is 0. The molecule has 0 saturated heterocycles. The molecule has 1 atom stereocenters. The smallest absolute Gasteiger partial charge is 0.335 e. The zero-order valence-electron chi connectivity index (χ0n) is 18.3. The molecule has 8 heteroatoms. The highest BCUT2D eigenvalue weighted by molar-refractivity contribution is 7.91. The Bertz CT molecular complexity index is 968. The van der Waals surface area contributed by atoms with Crippen molar-refractivity contribution in [2.24, 2.45) is 5.92 Å². The highest BCUT2D eigenvalue weighted by atomic mass is 32.2. The van der Waals surface area contributed by atoms with Gasteiger partial charge in [-0.3, -0.25) is 4.79 Å². The number of rotatable bonds is 8. The van der Waals surface area contributed by atoms with Crippen LogP contribution in [-0.4, -0.2) is 36.3 Å². The van der Waals surface area contributed by atoms with Crippen molar-refractivity contribution in [3.63, 3.8) is 0 Å². The summed E-state index contributed by atoms with van der Waals surface area (Å²) in [6.07, 6.45) is 0.498. The highest BCUT2D eigenvalue weighted by Crippen LogP contribution is 2.14. The lowest BCUT2D eigenvalue weighted by molar-refractivity contribution is -0.122. The average molecular weight is 450 g/mol. The molecule has 1 unspecified atom stereocenters. The van der Waals surface area contributed by atoms with Crippen LogP contribution in [0.15, 0.2) is 53.4 Å². The van der Waals surface area contributed by atoms with E-state index < -0.39 is 15.8 Å². The number of carboxylic acid groups (broad SMARTS) is 1. The van der Waals surface area contributed by atoms with Crippen LogP contribution in [0.1, 0.15) is 61.6 Å². The molecule has 0 fully saturated rings. The predicted molar refractivity (Wildman–Crippen MR) is 120 cm³/mol. The fourth-order valence-corrected chi connectivity index (χ4v) is 3.62. The van der Waals surface area contributed by atoms with Gasteiger partial charge in [0.05, 0.1) is 28.9 Å². The summed E-state index contributed by atoms with van der Waals surface area (Å²) in [5, 5.41) is 20.5. The number of hydrogen-bond acceptors (Lipinski definition) is 5. The minimum Gasteiger partial charge on any atom is -0.478 e. The second-order valence-electron chi connectivity index (χ2n) is 7.52. The van der Waals surface area contributed by atoms with Crippen LogP contribution >= 0.6 is 0 Å². The van der Waals surface area contributed by atoms with Gasteiger partial charge >= 0.3 is 5.97 Å². The summed E-state index contributed by atoms with van der Waals surface area (Å²) < 4.78 is 22.8. The Hall–Kier alpha value is -2.71. The van der Waals surface area contributed by atoms with Crippen LogP contribution < -0.4 is 5.32 Å².